The Kier molecular flexibility index (Phi) is 3.73. The summed E-state index contributed by atoms with van der Waals surface area (Å²) in [4.78, 5) is 28.2. The Morgan fingerprint density at radius 2 is 2.05 bits per heavy atom. The summed E-state index contributed by atoms with van der Waals surface area (Å²) in [5.41, 5.74) is 0.740. The Morgan fingerprint density at radius 3 is 2.85 bits per heavy atom. The molecule has 3 rings (SSSR count). The number of carbonyl (C=O) groups is 2. The molecule has 2 heterocycles. The topological polar surface area (TPSA) is 40.6 Å². The van der Waals surface area contributed by atoms with E-state index < -0.39 is 0 Å². The zero-order chi connectivity index (χ0) is 14.3. The van der Waals surface area contributed by atoms with Gasteiger partial charge in [0.2, 0.25) is 11.8 Å². The van der Waals surface area contributed by atoms with E-state index in [1.807, 2.05) is 12.1 Å². The van der Waals surface area contributed by atoms with Crippen LogP contribution in [0, 0.1) is 0 Å². The second kappa shape index (κ2) is 5.37. The minimum Gasteiger partial charge on any atom is -0.331 e. The number of hydrogen-bond acceptors (Lipinski definition) is 2. The average Bonchev–Trinajstić information content (AvgIpc) is 2.88. The van der Waals surface area contributed by atoms with Gasteiger partial charge in [0.15, 0.2) is 0 Å². The Balaban J connectivity index is 1.99. The van der Waals surface area contributed by atoms with Gasteiger partial charge in [-0.25, -0.2) is 0 Å². The van der Waals surface area contributed by atoms with Gasteiger partial charge in [0, 0.05) is 19.5 Å². The number of hydrogen-bond donors (Lipinski definition) is 0. The van der Waals surface area contributed by atoms with E-state index in [4.69, 9.17) is 11.6 Å². The Labute approximate surface area is 130 Å². The molecule has 0 saturated carbocycles. The van der Waals surface area contributed by atoms with Crippen molar-refractivity contribution in [2.75, 3.05) is 18.0 Å². The number of fused-ring (bicyclic) bond motifs is 1. The third kappa shape index (κ3) is 2.23. The van der Waals surface area contributed by atoms with Crippen LogP contribution in [0.4, 0.5) is 5.69 Å². The van der Waals surface area contributed by atoms with Gasteiger partial charge in [-0.2, -0.15) is 0 Å². The molecule has 0 radical (unpaired) electrons. The molecule has 0 spiro atoms. The minimum absolute atomic E-state index is 0.00341. The van der Waals surface area contributed by atoms with E-state index >= 15 is 0 Å². The van der Waals surface area contributed by atoms with Crippen molar-refractivity contribution >= 4 is 45.0 Å². The highest BCUT2D eigenvalue weighted by Crippen LogP contribution is 2.35. The highest BCUT2D eigenvalue weighted by molar-refractivity contribution is 9.10. The van der Waals surface area contributed by atoms with Crippen LogP contribution in [0.3, 0.4) is 0 Å². The molecule has 1 aromatic rings. The van der Waals surface area contributed by atoms with Gasteiger partial charge in [-0.05, 0) is 40.9 Å². The van der Waals surface area contributed by atoms with E-state index in [0.717, 1.165) is 18.5 Å². The van der Waals surface area contributed by atoms with E-state index in [1.54, 1.807) is 15.9 Å². The van der Waals surface area contributed by atoms with Gasteiger partial charge in [0.05, 0.1) is 15.2 Å². The minimum atomic E-state index is -0.309. The molecule has 2 fully saturated rings. The van der Waals surface area contributed by atoms with Crippen LogP contribution >= 0.6 is 27.5 Å². The highest BCUT2D eigenvalue weighted by Gasteiger charge is 2.40. The molecule has 1 unspecified atom stereocenters. The fraction of sp³-hybridized carbons (Fsp3) is 0.429. The van der Waals surface area contributed by atoms with Crippen LogP contribution in [-0.2, 0) is 9.59 Å². The normalized spacial score (nSPS) is 23.0. The molecule has 0 aromatic heterocycles. The summed E-state index contributed by atoms with van der Waals surface area (Å²) in [6, 6.07) is 5.12. The Morgan fingerprint density at radius 1 is 1.25 bits per heavy atom. The fourth-order valence-corrected chi connectivity index (χ4v) is 3.55. The lowest BCUT2D eigenvalue weighted by Crippen LogP contribution is -2.43. The van der Waals surface area contributed by atoms with Crippen LogP contribution in [0.25, 0.3) is 0 Å². The number of amides is 2. The first-order valence-corrected chi connectivity index (χ1v) is 7.81. The van der Waals surface area contributed by atoms with Gasteiger partial charge in [-0.1, -0.05) is 17.7 Å². The SMILES string of the molecule is O=C1C2CCCN2C(=O)CCN1c1cccc(Cl)c1Br. The summed E-state index contributed by atoms with van der Waals surface area (Å²) in [6.45, 7) is 1.10. The van der Waals surface area contributed by atoms with E-state index in [1.165, 1.54) is 0 Å². The summed E-state index contributed by atoms with van der Waals surface area (Å²) >= 11 is 9.53. The van der Waals surface area contributed by atoms with Crippen LogP contribution < -0.4 is 4.90 Å². The lowest BCUT2D eigenvalue weighted by Gasteiger charge is -2.26. The summed E-state index contributed by atoms with van der Waals surface area (Å²) in [5.74, 6) is 0.0674. The van der Waals surface area contributed by atoms with Gasteiger partial charge in [-0.3, -0.25) is 9.59 Å². The first-order chi connectivity index (χ1) is 9.59. The molecule has 20 heavy (non-hydrogen) atoms. The van der Waals surface area contributed by atoms with Crippen LogP contribution in [0.1, 0.15) is 19.3 Å². The predicted molar refractivity (Wildman–Crippen MR) is 80.9 cm³/mol. The van der Waals surface area contributed by atoms with Crippen molar-refractivity contribution in [3.8, 4) is 0 Å². The highest BCUT2D eigenvalue weighted by atomic mass is 79.9. The molecule has 0 N–H and O–H groups in total. The third-order valence-corrected chi connectivity index (χ3v) is 5.27. The van der Waals surface area contributed by atoms with Crippen molar-refractivity contribution in [1.29, 1.82) is 0 Å². The largest absolute Gasteiger partial charge is 0.331 e. The zero-order valence-corrected chi connectivity index (χ0v) is 13.2. The third-order valence-electron chi connectivity index (χ3n) is 3.90. The number of nitrogens with zero attached hydrogens (tertiary/aromatic N) is 2. The molecule has 106 valence electrons. The van der Waals surface area contributed by atoms with Gasteiger partial charge in [0.1, 0.15) is 6.04 Å². The molecule has 1 atom stereocenters. The van der Waals surface area contributed by atoms with Crippen LogP contribution in [0.5, 0.6) is 0 Å². The molecular formula is C14H14BrClN2O2. The fourth-order valence-electron chi connectivity index (χ4n) is 2.90. The molecule has 4 nitrogen and oxygen atoms in total. The van der Waals surface area contributed by atoms with E-state index in [9.17, 15) is 9.59 Å². The van der Waals surface area contributed by atoms with Crippen molar-refractivity contribution in [2.24, 2.45) is 0 Å². The van der Waals surface area contributed by atoms with E-state index in [0.29, 0.717) is 29.0 Å². The monoisotopic (exact) mass is 356 g/mol. The van der Waals surface area contributed by atoms with E-state index in [2.05, 4.69) is 15.9 Å². The van der Waals surface area contributed by atoms with Crippen LogP contribution in [0.15, 0.2) is 22.7 Å². The first-order valence-electron chi connectivity index (χ1n) is 6.64. The van der Waals surface area contributed by atoms with Crippen LogP contribution in [-0.4, -0.2) is 35.8 Å². The molecular weight excluding hydrogens is 344 g/mol. The standard InChI is InChI=1S/C14H14BrClN2O2/c15-13-9(16)3-1-4-10(13)18-8-6-12(19)17-7-2-5-11(17)14(18)20/h1,3-4,11H,2,5-8H2. The first kappa shape index (κ1) is 13.9. The molecule has 2 aliphatic rings. The molecule has 6 heteroatoms. The maximum absolute atomic E-state index is 12.7. The van der Waals surface area contributed by atoms with Crippen molar-refractivity contribution in [1.82, 2.24) is 4.90 Å². The Hall–Kier alpha value is -1.07. The van der Waals surface area contributed by atoms with Crippen LogP contribution in [0.2, 0.25) is 5.02 Å². The van der Waals surface area contributed by atoms with Crippen molar-refractivity contribution in [2.45, 2.75) is 25.3 Å². The lowest BCUT2D eigenvalue weighted by atomic mass is 10.2. The molecule has 0 bridgehead atoms. The predicted octanol–water partition coefficient (Wildman–Crippen LogP) is 2.83. The zero-order valence-electron chi connectivity index (χ0n) is 10.8. The second-order valence-corrected chi connectivity index (χ2v) is 6.26. The molecule has 2 saturated heterocycles. The Bertz CT molecular complexity index is 578. The molecule has 1 aromatic carbocycles. The summed E-state index contributed by atoms with van der Waals surface area (Å²) < 4.78 is 0.703. The van der Waals surface area contributed by atoms with Gasteiger partial charge in [-0.15, -0.1) is 0 Å². The summed E-state index contributed by atoms with van der Waals surface area (Å²) in [7, 11) is 0. The smallest absolute Gasteiger partial charge is 0.249 e. The number of halogens is 2. The number of rotatable bonds is 1. The van der Waals surface area contributed by atoms with Crippen molar-refractivity contribution < 1.29 is 9.59 Å². The average molecular weight is 358 g/mol. The van der Waals surface area contributed by atoms with Gasteiger partial charge in [0.25, 0.3) is 0 Å². The number of benzene rings is 1. The van der Waals surface area contributed by atoms with Gasteiger partial charge < -0.3 is 9.80 Å². The second-order valence-electron chi connectivity index (χ2n) is 5.06. The van der Waals surface area contributed by atoms with Gasteiger partial charge >= 0.3 is 0 Å². The maximum Gasteiger partial charge on any atom is 0.249 e. The maximum atomic E-state index is 12.7. The summed E-state index contributed by atoms with van der Waals surface area (Å²) in [6.07, 6.45) is 2.01. The molecule has 2 amide bonds. The number of anilines is 1. The lowest BCUT2D eigenvalue weighted by molar-refractivity contribution is -0.135. The number of carbonyl (C=O) groups excluding carboxylic acids is 2. The summed E-state index contributed by atoms with van der Waals surface area (Å²) in [5, 5.41) is 0.564. The van der Waals surface area contributed by atoms with Crippen molar-refractivity contribution in [3.63, 3.8) is 0 Å². The van der Waals surface area contributed by atoms with Crippen molar-refractivity contribution in [3.05, 3.63) is 27.7 Å². The molecule has 0 aliphatic carbocycles. The van der Waals surface area contributed by atoms with E-state index in [-0.39, 0.29) is 17.9 Å². The molecule has 2 aliphatic heterocycles. The quantitative estimate of drug-likeness (QED) is 0.775.